The van der Waals surface area contributed by atoms with Crippen molar-refractivity contribution in [3.8, 4) is 0 Å². The summed E-state index contributed by atoms with van der Waals surface area (Å²) in [6.07, 6.45) is 3.14. The van der Waals surface area contributed by atoms with Crippen LogP contribution in [0.15, 0.2) is 73.1 Å². The lowest BCUT2D eigenvalue weighted by molar-refractivity contribution is 0.125. The van der Waals surface area contributed by atoms with E-state index in [4.69, 9.17) is 11.6 Å². The average molecular weight is 297 g/mol. The van der Waals surface area contributed by atoms with E-state index in [0.29, 0.717) is 10.6 Å². The molecule has 4 heteroatoms. The second-order valence-electron chi connectivity index (χ2n) is 4.71. The Labute approximate surface area is 127 Å². The number of rotatable bonds is 3. The molecule has 0 saturated heterocycles. The largest absolute Gasteiger partial charge is 0.376 e. The molecule has 2 aromatic carbocycles. The van der Waals surface area contributed by atoms with E-state index in [9.17, 15) is 5.11 Å². The van der Waals surface area contributed by atoms with Crippen molar-refractivity contribution in [1.82, 2.24) is 10.2 Å². The summed E-state index contributed by atoms with van der Waals surface area (Å²) in [5.74, 6) is 0. The predicted octanol–water partition coefficient (Wildman–Crippen LogP) is 3.41. The lowest BCUT2D eigenvalue weighted by Gasteiger charge is -2.29. The van der Waals surface area contributed by atoms with Crippen molar-refractivity contribution in [2.24, 2.45) is 0 Å². The number of benzene rings is 2. The summed E-state index contributed by atoms with van der Waals surface area (Å²) in [6, 6.07) is 18.4. The second-order valence-corrected chi connectivity index (χ2v) is 5.15. The van der Waals surface area contributed by atoms with Gasteiger partial charge in [-0.1, -0.05) is 54.1 Å². The van der Waals surface area contributed by atoms with E-state index in [2.05, 4.69) is 10.2 Å². The van der Waals surface area contributed by atoms with Gasteiger partial charge in [0.1, 0.15) is 5.60 Å². The molecular formula is C17H13ClN2O. The number of aromatic nitrogens is 2. The SMILES string of the molecule is O[C@](c1ccccc1)(c1ccc(Cl)cc1)c1ccnnc1. The summed E-state index contributed by atoms with van der Waals surface area (Å²) in [7, 11) is 0. The fraction of sp³-hybridized carbons (Fsp3) is 0.0588. The normalized spacial score (nSPS) is 13.6. The van der Waals surface area contributed by atoms with E-state index in [-0.39, 0.29) is 0 Å². The topological polar surface area (TPSA) is 46.0 Å². The third-order valence-electron chi connectivity index (χ3n) is 3.46. The van der Waals surface area contributed by atoms with Crippen LogP contribution < -0.4 is 0 Å². The molecule has 0 aliphatic carbocycles. The fourth-order valence-electron chi connectivity index (χ4n) is 2.38. The van der Waals surface area contributed by atoms with Gasteiger partial charge in [-0.25, -0.2) is 0 Å². The highest BCUT2D eigenvalue weighted by atomic mass is 35.5. The van der Waals surface area contributed by atoms with Gasteiger partial charge in [0.25, 0.3) is 0 Å². The maximum Gasteiger partial charge on any atom is 0.142 e. The van der Waals surface area contributed by atoms with Crippen molar-refractivity contribution in [3.05, 3.63) is 94.8 Å². The summed E-state index contributed by atoms with van der Waals surface area (Å²) in [6.45, 7) is 0. The number of hydrogen-bond donors (Lipinski definition) is 1. The zero-order valence-electron chi connectivity index (χ0n) is 11.1. The Bertz CT molecular complexity index is 675. The molecule has 3 rings (SSSR count). The van der Waals surface area contributed by atoms with Crippen LogP contribution in [0.25, 0.3) is 0 Å². The Hall–Kier alpha value is -2.23. The first kappa shape index (κ1) is 13.7. The molecule has 1 atom stereocenters. The summed E-state index contributed by atoms with van der Waals surface area (Å²) < 4.78 is 0. The summed E-state index contributed by atoms with van der Waals surface area (Å²) in [5, 5.41) is 19.7. The molecule has 0 unspecified atom stereocenters. The number of hydrogen-bond acceptors (Lipinski definition) is 3. The minimum atomic E-state index is -1.29. The molecule has 0 bridgehead atoms. The van der Waals surface area contributed by atoms with Gasteiger partial charge in [0.05, 0.1) is 6.20 Å². The number of nitrogens with zero attached hydrogens (tertiary/aromatic N) is 2. The smallest absolute Gasteiger partial charge is 0.142 e. The lowest BCUT2D eigenvalue weighted by atomic mass is 9.81. The summed E-state index contributed by atoms with van der Waals surface area (Å²) in [4.78, 5) is 0. The molecule has 1 heterocycles. The van der Waals surface area contributed by atoms with Crippen molar-refractivity contribution < 1.29 is 5.11 Å². The van der Waals surface area contributed by atoms with Crippen molar-refractivity contribution in [1.29, 1.82) is 0 Å². The molecule has 0 fully saturated rings. The first-order chi connectivity index (χ1) is 10.2. The maximum absolute atomic E-state index is 11.4. The first-order valence-corrected chi connectivity index (χ1v) is 6.90. The van der Waals surface area contributed by atoms with E-state index < -0.39 is 5.60 Å². The Kier molecular flexibility index (Phi) is 3.69. The van der Waals surface area contributed by atoms with Crippen molar-refractivity contribution >= 4 is 11.6 Å². The molecule has 0 aliphatic heterocycles. The Morgan fingerprint density at radius 3 is 2.05 bits per heavy atom. The summed E-state index contributed by atoms with van der Waals surface area (Å²) in [5.41, 5.74) is 0.861. The average Bonchev–Trinajstić information content (AvgIpc) is 2.56. The van der Waals surface area contributed by atoms with Gasteiger partial charge in [-0.3, -0.25) is 0 Å². The van der Waals surface area contributed by atoms with Crippen LogP contribution >= 0.6 is 11.6 Å². The molecule has 0 amide bonds. The predicted molar refractivity (Wildman–Crippen MR) is 82.0 cm³/mol. The van der Waals surface area contributed by atoms with Gasteiger partial charge in [-0.05, 0) is 29.3 Å². The Morgan fingerprint density at radius 2 is 1.43 bits per heavy atom. The molecule has 0 spiro atoms. The van der Waals surface area contributed by atoms with Gasteiger partial charge >= 0.3 is 0 Å². The third kappa shape index (κ3) is 2.53. The van der Waals surface area contributed by atoms with Gasteiger partial charge in [0.15, 0.2) is 0 Å². The monoisotopic (exact) mass is 296 g/mol. The third-order valence-corrected chi connectivity index (χ3v) is 3.71. The Balaban J connectivity index is 2.23. The van der Waals surface area contributed by atoms with Crippen LogP contribution in [0.5, 0.6) is 0 Å². The zero-order chi connectivity index (χ0) is 14.7. The molecule has 104 valence electrons. The van der Waals surface area contributed by atoms with E-state index in [0.717, 1.165) is 11.1 Å². The van der Waals surface area contributed by atoms with Crippen LogP contribution in [0.2, 0.25) is 5.02 Å². The molecular weight excluding hydrogens is 284 g/mol. The highest BCUT2D eigenvalue weighted by Gasteiger charge is 2.33. The van der Waals surface area contributed by atoms with E-state index in [1.54, 1.807) is 30.6 Å². The van der Waals surface area contributed by atoms with Gasteiger partial charge in [0.2, 0.25) is 0 Å². The number of halogens is 1. The highest BCUT2D eigenvalue weighted by molar-refractivity contribution is 6.30. The van der Waals surface area contributed by atoms with Gasteiger partial charge in [0, 0.05) is 16.8 Å². The molecule has 1 N–H and O–H groups in total. The molecule has 3 nitrogen and oxygen atoms in total. The standard InChI is InChI=1S/C17H13ClN2O/c18-16-8-6-14(7-9-16)17(21,13-4-2-1-3-5-13)15-10-11-19-20-12-15/h1-12,21H/t17-/m1/s1. The van der Waals surface area contributed by atoms with E-state index >= 15 is 0 Å². The quantitative estimate of drug-likeness (QED) is 0.805. The van der Waals surface area contributed by atoms with Crippen LogP contribution in [-0.2, 0) is 5.60 Å². The van der Waals surface area contributed by atoms with E-state index in [1.807, 2.05) is 42.5 Å². The zero-order valence-corrected chi connectivity index (χ0v) is 11.9. The molecule has 0 radical (unpaired) electrons. The fourth-order valence-corrected chi connectivity index (χ4v) is 2.50. The number of aliphatic hydroxyl groups is 1. The molecule has 0 aliphatic rings. The van der Waals surface area contributed by atoms with Crippen LogP contribution in [0.1, 0.15) is 16.7 Å². The van der Waals surface area contributed by atoms with Crippen LogP contribution in [-0.4, -0.2) is 15.3 Å². The minimum absolute atomic E-state index is 0.627. The van der Waals surface area contributed by atoms with Gasteiger partial charge < -0.3 is 5.11 Å². The molecule has 1 aromatic heterocycles. The minimum Gasteiger partial charge on any atom is -0.376 e. The van der Waals surface area contributed by atoms with Crippen molar-refractivity contribution in [2.45, 2.75) is 5.60 Å². The van der Waals surface area contributed by atoms with Crippen LogP contribution in [0, 0.1) is 0 Å². The lowest BCUT2D eigenvalue weighted by Crippen LogP contribution is -2.29. The van der Waals surface area contributed by atoms with Gasteiger partial charge in [-0.2, -0.15) is 10.2 Å². The van der Waals surface area contributed by atoms with Gasteiger partial charge in [-0.15, -0.1) is 0 Å². The molecule has 21 heavy (non-hydrogen) atoms. The second kappa shape index (κ2) is 5.64. The van der Waals surface area contributed by atoms with Crippen molar-refractivity contribution in [2.75, 3.05) is 0 Å². The highest BCUT2D eigenvalue weighted by Crippen LogP contribution is 2.36. The van der Waals surface area contributed by atoms with E-state index in [1.165, 1.54) is 0 Å². The Morgan fingerprint density at radius 1 is 0.762 bits per heavy atom. The first-order valence-electron chi connectivity index (χ1n) is 6.52. The molecule has 3 aromatic rings. The van der Waals surface area contributed by atoms with Crippen LogP contribution in [0.4, 0.5) is 0 Å². The summed E-state index contributed by atoms with van der Waals surface area (Å²) >= 11 is 5.95. The maximum atomic E-state index is 11.4. The van der Waals surface area contributed by atoms with Crippen molar-refractivity contribution in [3.63, 3.8) is 0 Å². The van der Waals surface area contributed by atoms with Crippen LogP contribution in [0.3, 0.4) is 0 Å². The molecule has 0 saturated carbocycles.